The smallest absolute Gasteiger partial charge is 0.425 e. The van der Waals surface area contributed by atoms with Crippen molar-refractivity contribution in [1.29, 1.82) is 0 Å². The third-order valence-corrected chi connectivity index (χ3v) is 1.45. The standard InChI is InChI=1S/C9H8F3O/c1-7(9(10,11)12)13-8-5-3-2-4-6-8/h2-5,7H,1H3/t7-/m0/s1. The van der Waals surface area contributed by atoms with Gasteiger partial charge in [-0.3, -0.25) is 0 Å². The average Bonchev–Trinajstić information content (AvgIpc) is 2.04. The lowest BCUT2D eigenvalue weighted by atomic mass is 10.3. The number of alkyl halides is 3. The normalized spacial score (nSPS) is 13.8. The summed E-state index contributed by atoms with van der Waals surface area (Å²) in [5, 5.41) is 0. The van der Waals surface area contributed by atoms with Crippen molar-refractivity contribution in [3.8, 4) is 5.75 Å². The van der Waals surface area contributed by atoms with Gasteiger partial charge in [-0.1, -0.05) is 18.2 Å². The van der Waals surface area contributed by atoms with Gasteiger partial charge in [-0.2, -0.15) is 13.2 Å². The van der Waals surface area contributed by atoms with Gasteiger partial charge in [0, 0.05) is 6.07 Å². The Kier molecular flexibility index (Phi) is 2.80. The molecule has 0 fully saturated rings. The molecule has 0 unspecified atom stereocenters. The number of para-hydroxylation sites is 1. The summed E-state index contributed by atoms with van der Waals surface area (Å²) >= 11 is 0. The fraction of sp³-hybridized carbons (Fsp3) is 0.333. The van der Waals surface area contributed by atoms with Crippen molar-refractivity contribution < 1.29 is 17.9 Å². The molecule has 1 aromatic carbocycles. The minimum absolute atomic E-state index is 0.104. The molecule has 0 saturated heterocycles. The van der Waals surface area contributed by atoms with Crippen LogP contribution in [0.1, 0.15) is 6.92 Å². The molecular formula is C9H8F3O. The molecule has 1 atom stereocenters. The van der Waals surface area contributed by atoms with E-state index >= 15 is 0 Å². The van der Waals surface area contributed by atoms with Gasteiger partial charge in [0.05, 0.1) is 0 Å². The highest BCUT2D eigenvalue weighted by Gasteiger charge is 2.37. The fourth-order valence-corrected chi connectivity index (χ4v) is 0.707. The highest BCUT2D eigenvalue weighted by atomic mass is 19.4. The Morgan fingerprint density at radius 3 is 2.54 bits per heavy atom. The lowest BCUT2D eigenvalue weighted by Crippen LogP contribution is -2.31. The molecule has 0 aliphatic heterocycles. The summed E-state index contributed by atoms with van der Waals surface area (Å²) < 4.78 is 40.6. The molecule has 13 heavy (non-hydrogen) atoms. The molecule has 0 aliphatic carbocycles. The Morgan fingerprint density at radius 2 is 2.08 bits per heavy atom. The van der Waals surface area contributed by atoms with E-state index < -0.39 is 12.3 Å². The monoisotopic (exact) mass is 189 g/mol. The number of hydrogen-bond acceptors (Lipinski definition) is 1. The molecule has 0 spiro atoms. The second-order valence-corrected chi connectivity index (χ2v) is 2.53. The maximum absolute atomic E-state index is 12.0. The van der Waals surface area contributed by atoms with Crippen LogP contribution in [0.5, 0.6) is 5.75 Å². The van der Waals surface area contributed by atoms with Gasteiger partial charge >= 0.3 is 6.18 Å². The van der Waals surface area contributed by atoms with Crippen LogP contribution in [0.25, 0.3) is 0 Å². The van der Waals surface area contributed by atoms with Crippen molar-refractivity contribution in [2.75, 3.05) is 0 Å². The molecule has 0 aromatic heterocycles. The van der Waals surface area contributed by atoms with Crippen LogP contribution in [0.15, 0.2) is 24.3 Å². The maximum Gasteiger partial charge on any atom is 0.425 e. The van der Waals surface area contributed by atoms with Crippen LogP contribution >= 0.6 is 0 Å². The number of benzene rings is 1. The number of ether oxygens (including phenoxy) is 1. The van der Waals surface area contributed by atoms with Gasteiger partial charge in [0.2, 0.25) is 0 Å². The summed E-state index contributed by atoms with van der Waals surface area (Å²) in [6, 6.07) is 8.73. The van der Waals surface area contributed by atoms with E-state index in [0.717, 1.165) is 6.92 Å². The maximum atomic E-state index is 12.0. The lowest BCUT2D eigenvalue weighted by Gasteiger charge is -2.16. The van der Waals surface area contributed by atoms with Gasteiger partial charge in [-0.25, -0.2) is 0 Å². The van der Waals surface area contributed by atoms with Crippen molar-refractivity contribution >= 4 is 0 Å². The number of halogens is 3. The third-order valence-electron chi connectivity index (χ3n) is 1.45. The zero-order valence-corrected chi connectivity index (χ0v) is 6.93. The van der Waals surface area contributed by atoms with Crippen molar-refractivity contribution in [2.45, 2.75) is 19.2 Å². The van der Waals surface area contributed by atoms with Gasteiger partial charge in [0.15, 0.2) is 6.10 Å². The first-order valence-electron chi connectivity index (χ1n) is 3.70. The second kappa shape index (κ2) is 3.68. The van der Waals surface area contributed by atoms with Gasteiger partial charge in [-0.05, 0) is 13.0 Å². The van der Waals surface area contributed by atoms with Crippen LogP contribution in [0.2, 0.25) is 0 Å². The van der Waals surface area contributed by atoms with Crippen LogP contribution in [0.4, 0.5) is 13.2 Å². The molecule has 0 heterocycles. The minimum atomic E-state index is -4.33. The van der Waals surface area contributed by atoms with Gasteiger partial charge < -0.3 is 4.74 Å². The van der Waals surface area contributed by atoms with E-state index in [4.69, 9.17) is 0 Å². The van der Waals surface area contributed by atoms with E-state index in [9.17, 15) is 13.2 Å². The average molecular weight is 189 g/mol. The van der Waals surface area contributed by atoms with Crippen molar-refractivity contribution in [2.24, 2.45) is 0 Å². The highest BCUT2D eigenvalue weighted by molar-refractivity contribution is 5.19. The lowest BCUT2D eigenvalue weighted by molar-refractivity contribution is -0.189. The van der Waals surface area contributed by atoms with E-state index in [1.54, 1.807) is 12.1 Å². The molecule has 4 heteroatoms. The molecule has 1 aromatic rings. The van der Waals surface area contributed by atoms with Crippen LogP contribution in [0.3, 0.4) is 0 Å². The SMILES string of the molecule is C[C@H](Oc1[c]cccc1)C(F)(F)F. The van der Waals surface area contributed by atoms with Crippen LogP contribution in [-0.4, -0.2) is 12.3 Å². The van der Waals surface area contributed by atoms with E-state index in [1.807, 2.05) is 0 Å². The molecular weight excluding hydrogens is 181 g/mol. The van der Waals surface area contributed by atoms with E-state index in [2.05, 4.69) is 10.8 Å². The summed E-state index contributed by atoms with van der Waals surface area (Å²) in [6.45, 7) is 0.959. The van der Waals surface area contributed by atoms with Crippen LogP contribution < -0.4 is 4.74 Å². The molecule has 0 aliphatic rings. The third kappa shape index (κ3) is 2.97. The first-order chi connectivity index (χ1) is 6.00. The van der Waals surface area contributed by atoms with E-state index in [-0.39, 0.29) is 5.75 Å². The highest BCUT2D eigenvalue weighted by Crippen LogP contribution is 2.24. The largest absolute Gasteiger partial charge is 0.481 e. The van der Waals surface area contributed by atoms with Crippen molar-refractivity contribution in [3.63, 3.8) is 0 Å². The quantitative estimate of drug-likeness (QED) is 0.695. The zero-order valence-electron chi connectivity index (χ0n) is 6.93. The summed E-state index contributed by atoms with van der Waals surface area (Å²) in [4.78, 5) is 0. The van der Waals surface area contributed by atoms with Gasteiger partial charge in [-0.15, -0.1) is 0 Å². The predicted molar refractivity (Wildman–Crippen MR) is 41.4 cm³/mol. The second-order valence-electron chi connectivity index (χ2n) is 2.53. The van der Waals surface area contributed by atoms with E-state index in [0.29, 0.717) is 0 Å². The van der Waals surface area contributed by atoms with Crippen LogP contribution in [-0.2, 0) is 0 Å². The molecule has 1 radical (unpaired) electrons. The molecule has 0 amide bonds. The molecule has 1 nitrogen and oxygen atoms in total. The summed E-state index contributed by atoms with van der Waals surface area (Å²) in [5.41, 5.74) is 0. The molecule has 0 bridgehead atoms. The Hall–Kier alpha value is -1.19. The first-order valence-corrected chi connectivity index (χ1v) is 3.70. The predicted octanol–water partition coefficient (Wildman–Crippen LogP) is 2.82. The van der Waals surface area contributed by atoms with Crippen LogP contribution in [0, 0.1) is 6.07 Å². The molecule has 1 rings (SSSR count). The number of hydrogen-bond donors (Lipinski definition) is 0. The molecule has 71 valence electrons. The Balaban J connectivity index is 2.61. The zero-order chi connectivity index (χ0) is 9.90. The summed E-state index contributed by atoms with van der Waals surface area (Å²) in [7, 11) is 0. The summed E-state index contributed by atoms with van der Waals surface area (Å²) in [6.07, 6.45) is -6.13. The van der Waals surface area contributed by atoms with Gasteiger partial charge in [0.1, 0.15) is 5.75 Å². The van der Waals surface area contributed by atoms with Crippen molar-refractivity contribution in [3.05, 3.63) is 30.3 Å². The molecule has 0 N–H and O–H groups in total. The molecule has 0 saturated carbocycles. The Bertz CT molecular complexity index is 255. The number of rotatable bonds is 2. The Morgan fingerprint density at radius 1 is 1.38 bits per heavy atom. The minimum Gasteiger partial charge on any atom is -0.481 e. The van der Waals surface area contributed by atoms with Crippen molar-refractivity contribution in [1.82, 2.24) is 0 Å². The topological polar surface area (TPSA) is 9.23 Å². The van der Waals surface area contributed by atoms with E-state index in [1.165, 1.54) is 12.1 Å². The fourth-order valence-electron chi connectivity index (χ4n) is 0.707. The van der Waals surface area contributed by atoms with Gasteiger partial charge in [0.25, 0.3) is 0 Å². The Labute approximate surface area is 74.1 Å². The summed E-state index contributed by atoms with van der Waals surface area (Å²) in [5.74, 6) is 0.104. The first kappa shape index (κ1) is 9.89.